The Bertz CT molecular complexity index is 99.4. The van der Waals surface area contributed by atoms with Crippen LogP contribution in [0.2, 0.25) is 0 Å². The first-order valence-electron chi connectivity index (χ1n) is 6.51. The van der Waals surface area contributed by atoms with Gasteiger partial charge in [-0.3, -0.25) is 4.90 Å². The van der Waals surface area contributed by atoms with Crippen LogP contribution in [0.5, 0.6) is 0 Å². The fourth-order valence-electron chi connectivity index (χ4n) is 1.98. The van der Waals surface area contributed by atoms with E-state index in [1.54, 1.807) is 0 Å². The molecule has 1 fully saturated rings. The van der Waals surface area contributed by atoms with Crippen LogP contribution in [0.1, 0.15) is 67.7 Å². The fraction of sp³-hybridized carbons (Fsp3) is 1.00. The van der Waals surface area contributed by atoms with E-state index in [0.29, 0.717) is 0 Å². The summed E-state index contributed by atoms with van der Waals surface area (Å²) < 4.78 is 0. The van der Waals surface area contributed by atoms with E-state index in [9.17, 15) is 0 Å². The molecule has 1 aliphatic rings. The summed E-state index contributed by atoms with van der Waals surface area (Å²) in [5.74, 6) is 0. The van der Waals surface area contributed by atoms with Gasteiger partial charge in [-0.15, -0.1) is 0 Å². The number of rotatable bonds is 2. The summed E-state index contributed by atoms with van der Waals surface area (Å²) in [6, 6.07) is 1.65. The third-order valence-electron chi connectivity index (χ3n) is 2.56. The highest BCUT2D eigenvalue weighted by atomic mass is 15.2. The lowest BCUT2D eigenvalue weighted by Crippen LogP contribution is -2.34. The summed E-state index contributed by atoms with van der Waals surface area (Å²) >= 11 is 0. The standard InChI is InChI=1S/C9H19N.2C2H6/c1-4-9-6-5-7-10(9)8(2)3;2*1-2/h8-9H,4-7H2,1-3H3;2*1-2H3. The zero-order valence-corrected chi connectivity index (χ0v) is 11.4. The van der Waals surface area contributed by atoms with E-state index in [2.05, 4.69) is 25.7 Å². The molecule has 1 heterocycles. The highest BCUT2D eigenvalue weighted by molar-refractivity contribution is 4.79. The second-order valence-electron chi connectivity index (χ2n) is 3.54. The summed E-state index contributed by atoms with van der Waals surface area (Å²) in [6.07, 6.45) is 4.17. The normalized spacial score (nSPS) is 21.0. The number of hydrogen-bond acceptors (Lipinski definition) is 1. The van der Waals surface area contributed by atoms with Crippen molar-refractivity contribution in [2.45, 2.75) is 79.8 Å². The third kappa shape index (κ3) is 5.64. The SMILES string of the molecule is CC.CC.CCC1CCCN1C(C)C. The monoisotopic (exact) mass is 201 g/mol. The van der Waals surface area contributed by atoms with Crippen LogP contribution in [-0.4, -0.2) is 23.5 Å². The number of likely N-dealkylation sites (tertiary alicyclic amines) is 1. The molecule has 1 aliphatic heterocycles. The Morgan fingerprint density at radius 3 is 1.93 bits per heavy atom. The molecule has 0 aromatic heterocycles. The number of nitrogens with zero attached hydrogens (tertiary/aromatic N) is 1. The molecule has 1 unspecified atom stereocenters. The average Bonchev–Trinajstić information content (AvgIpc) is 2.71. The molecule has 1 saturated heterocycles. The van der Waals surface area contributed by atoms with Gasteiger partial charge in [-0.25, -0.2) is 0 Å². The van der Waals surface area contributed by atoms with Gasteiger partial charge in [0.2, 0.25) is 0 Å². The van der Waals surface area contributed by atoms with Crippen molar-refractivity contribution < 1.29 is 0 Å². The lowest BCUT2D eigenvalue weighted by Gasteiger charge is -2.27. The Balaban J connectivity index is 0. The molecule has 1 nitrogen and oxygen atoms in total. The first-order valence-corrected chi connectivity index (χ1v) is 6.51. The van der Waals surface area contributed by atoms with Crippen LogP contribution in [0.4, 0.5) is 0 Å². The fourth-order valence-corrected chi connectivity index (χ4v) is 1.98. The maximum Gasteiger partial charge on any atom is 0.00958 e. The van der Waals surface area contributed by atoms with Crippen LogP contribution in [-0.2, 0) is 0 Å². The van der Waals surface area contributed by atoms with Gasteiger partial charge in [-0.1, -0.05) is 34.6 Å². The van der Waals surface area contributed by atoms with Crippen molar-refractivity contribution in [2.24, 2.45) is 0 Å². The van der Waals surface area contributed by atoms with E-state index in [1.165, 1.54) is 25.8 Å². The van der Waals surface area contributed by atoms with E-state index >= 15 is 0 Å². The molecule has 0 aromatic rings. The van der Waals surface area contributed by atoms with Gasteiger partial charge in [0.25, 0.3) is 0 Å². The quantitative estimate of drug-likeness (QED) is 0.643. The first kappa shape index (κ1) is 16.4. The van der Waals surface area contributed by atoms with E-state index in [0.717, 1.165) is 12.1 Å². The van der Waals surface area contributed by atoms with E-state index in [1.807, 2.05) is 27.7 Å². The highest BCUT2D eigenvalue weighted by Crippen LogP contribution is 2.21. The van der Waals surface area contributed by atoms with Crippen molar-refractivity contribution in [3.8, 4) is 0 Å². The van der Waals surface area contributed by atoms with Crippen molar-refractivity contribution >= 4 is 0 Å². The first-order chi connectivity index (χ1) is 6.75. The molecule has 0 N–H and O–H groups in total. The van der Waals surface area contributed by atoms with Crippen LogP contribution in [0.25, 0.3) is 0 Å². The minimum atomic E-state index is 0.757. The van der Waals surface area contributed by atoms with Gasteiger partial charge >= 0.3 is 0 Å². The maximum atomic E-state index is 2.62. The van der Waals surface area contributed by atoms with Gasteiger partial charge < -0.3 is 0 Å². The van der Waals surface area contributed by atoms with Crippen molar-refractivity contribution in [3.63, 3.8) is 0 Å². The van der Waals surface area contributed by atoms with Gasteiger partial charge in [-0.2, -0.15) is 0 Å². The van der Waals surface area contributed by atoms with Gasteiger partial charge in [-0.05, 0) is 39.7 Å². The molecule has 0 spiro atoms. The highest BCUT2D eigenvalue weighted by Gasteiger charge is 2.24. The van der Waals surface area contributed by atoms with E-state index < -0.39 is 0 Å². The van der Waals surface area contributed by atoms with Crippen LogP contribution < -0.4 is 0 Å². The Labute approximate surface area is 91.9 Å². The topological polar surface area (TPSA) is 3.24 Å². The van der Waals surface area contributed by atoms with Gasteiger partial charge in [0.15, 0.2) is 0 Å². The molecular formula is C13H31N. The average molecular weight is 201 g/mol. The number of hydrogen-bond donors (Lipinski definition) is 0. The lowest BCUT2D eigenvalue weighted by molar-refractivity contribution is 0.199. The van der Waals surface area contributed by atoms with Crippen LogP contribution in [0.3, 0.4) is 0 Å². The molecule has 0 aromatic carbocycles. The molecular weight excluding hydrogens is 170 g/mol. The molecule has 1 heteroatoms. The summed E-state index contributed by atoms with van der Waals surface area (Å²) in [4.78, 5) is 2.62. The molecule has 14 heavy (non-hydrogen) atoms. The molecule has 0 amide bonds. The Kier molecular flexibility index (Phi) is 12.9. The molecule has 0 radical (unpaired) electrons. The van der Waals surface area contributed by atoms with Crippen molar-refractivity contribution in [2.75, 3.05) is 6.54 Å². The maximum absolute atomic E-state index is 2.62. The predicted molar refractivity (Wildman–Crippen MR) is 67.9 cm³/mol. The third-order valence-corrected chi connectivity index (χ3v) is 2.56. The Morgan fingerprint density at radius 1 is 1.14 bits per heavy atom. The van der Waals surface area contributed by atoms with Gasteiger partial charge in [0, 0.05) is 12.1 Å². The molecule has 0 saturated carbocycles. The second kappa shape index (κ2) is 11.0. The smallest absolute Gasteiger partial charge is 0.00958 e. The van der Waals surface area contributed by atoms with E-state index in [4.69, 9.17) is 0 Å². The summed E-state index contributed by atoms with van der Waals surface area (Å²) in [7, 11) is 0. The summed E-state index contributed by atoms with van der Waals surface area (Å²) in [5.41, 5.74) is 0. The largest absolute Gasteiger partial charge is 0.298 e. The zero-order valence-electron chi connectivity index (χ0n) is 11.4. The Morgan fingerprint density at radius 2 is 1.64 bits per heavy atom. The van der Waals surface area contributed by atoms with Crippen molar-refractivity contribution in [1.29, 1.82) is 0 Å². The zero-order chi connectivity index (χ0) is 11.6. The van der Waals surface area contributed by atoms with Crippen molar-refractivity contribution in [3.05, 3.63) is 0 Å². The summed E-state index contributed by atoms with van der Waals surface area (Å²) in [5, 5.41) is 0. The minimum Gasteiger partial charge on any atom is -0.298 e. The molecule has 1 rings (SSSR count). The van der Waals surface area contributed by atoms with Crippen molar-refractivity contribution in [1.82, 2.24) is 4.90 Å². The van der Waals surface area contributed by atoms with Crippen LogP contribution in [0, 0.1) is 0 Å². The van der Waals surface area contributed by atoms with Crippen LogP contribution in [0.15, 0.2) is 0 Å². The molecule has 88 valence electrons. The molecule has 0 bridgehead atoms. The minimum absolute atomic E-state index is 0.757. The second-order valence-corrected chi connectivity index (χ2v) is 3.54. The molecule has 0 aliphatic carbocycles. The Hall–Kier alpha value is -0.0400. The van der Waals surface area contributed by atoms with Gasteiger partial charge in [0.05, 0.1) is 0 Å². The van der Waals surface area contributed by atoms with Gasteiger partial charge in [0.1, 0.15) is 0 Å². The molecule has 1 atom stereocenters. The predicted octanol–water partition coefficient (Wildman–Crippen LogP) is 4.32. The van der Waals surface area contributed by atoms with Crippen LogP contribution >= 0.6 is 0 Å². The summed E-state index contributed by atoms with van der Waals surface area (Å²) in [6.45, 7) is 16.2. The lowest BCUT2D eigenvalue weighted by atomic mass is 10.1. The van der Waals surface area contributed by atoms with E-state index in [-0.39, 0.29) is 0 Å².